The van der Waals surface area contributed by atoms with Crippen LogP contribution >= 0.6 is 11.6 Å². The van der Waals surface area contributed by atoms with Crippen LogP contribution in [0.4, 0.5) is 15.9 Å². The summed E-state index contributed by atoms with van der Waals surface area (Å²) in [5.41, 5.74) is 2.51. The van der Waals surface area contributed by atoms with Gasteiger partial charge in [0, 0.05) is 28.9 Å². The van der Waals surface area contributed by atoms with Crippen molar-refractivity contribution in [2.24, 2.45) is 0 Å². The zero-order valence-electron chi connectivity index (χ0n) is 13.9. The quantitative estimate of drug-likeness (QED) is 0.574. The lowest BCUT2D eigenvalue weighted by Gasteiger charge is -2.08. The molecular weight excluding hydrogens is 353 g/mol. The largest absolute Gasteiger partial charge is 0.340 e. The summed E-state index contributed by atoms with van der Waals surface area (Å²) in [4.78, 5) is 8.90. The highest BCUT2D eigenvalue weighted by Crippen LogP contribution is 2.20. The van der Waals surface area contributed by atoms with E-state index in [4.69, 9.17) is 11.6 Å². The Morgan fingerprint density at radius 2 is 1.88 bits per heavy atom. The first kappa shape index (κ1) is 16.5. The normalized spacial score (nSPS) is 11.0. The maximum Gasteiger partial charge on any atom is 0.254 e. The minimum atomic E-state index is -0.273. The van der Waals surface area contributed by atoms with E-state index in [1.165, 1.54) is 12.1 Å². The molecule has 2 aromatic heterocycles. The molecule has 0 bridgehead atoms. The summed E-state index contributed by atoms with van der Waals surface area (Å²) in [6.45, 7) is 1.90. The Bertz CT molecular complexity index is 1080. The van der Waals surface area contributed by atoms with Crippen molar-refractivity contribution in [1.82, 2.24) is 19.6 Å². The summed E-state index contributed by atoms with van der Waals surface area (Å²) < 4.78 is 15.0. The van der Waals surface area contributed by atoms with E-state index in [9.17, 15) is 4.39 Å². The van der Waals surface area contributed by atoms with E-state index in [1.807, 2.05) is 43.3 Å². The molecule has 7 heteroatoms. The second kappa shape index (κ2) is 6.72. The molecule has 0 unspecified atom stereocenters. The molecule has 0 saturated carbocycles. The molecule has 2 heterocycles. The number of anilines is 2. The summed E-state index contributed by atoms with van der Waals surface area (Å²) >= 11 is 5.93. The molecule has 4 rings (SSSR count). The van der Waals surface area contributed by atoms with Crippen molar-refractivity contribution < 1.29 is 4.39 Å². The van der Waals surface area contributed by atoms with E-state index in [-0.39, 0.29) is 5.82 Å². The maximum atomic E-state index is 13.4. The molecule has 0 amide bonds. The van der Waals surface area contributed by atoms with Crippen molar-refractivity contribution in [2.75, 3.05) is 5.32 Å². The molecule has 0 aliphatic rings. The van der Waals surface area contributed by atoms with Crippen molar-refractivity contribution in [2.45, 2.75) is 13.3 Å². The molecule has 26 heavy (non-hydrogen) atoms. The zero-order chi connectivity index (χ0) is 18.1. The number of halogens is 2. The lowest BCUT2D eigenvalue weighted by Crippen LogP contribution is -2.02. The molecule has 0 spiro atoms. The van der Waals surface area contributed by atoms with Crippen LogP contribution in [-0.2, 0) is 6.42 Å². The summed E-state index contributed by atoms with van der Waals surface area (Å²) in [6, 6.07) is 15.7. The molecule has 0 atom stereocenters. The van der Waals surface area contributed by atoms with Gasteiger partial charge in [0.25, 0.3) is 5.78 Å². The molecule has 0 aliphatic heterocycles. The summed E-state index contributed by atoms with van der Waals surface area (Å²) in [6.07, 6.45) is 0.431. The molecule has 0 saturated heterocycles. The van der Waals surface area contributed by atoms with Gasteiger partial charge >= 0.3 is 0 Å². The predicted molar refractivity (Wildman–Crippen MR) is 99.5 cm³/mol. The molecule has 0 aliphatic carbocycles. The number of aryl methyl sites for hydroxylation is 1. The van der Waals surface area contributed by atoms with Gasteiger partial charge in [-0.1, -0.05) is 23.7 Å². The first-order chi connectivity index (χ1) is 12.6. The third-order valence-electron chi connectivity index (χ3n) is 3.85. The van der Waals surface area contributed by atoms with Crippen LogP contribution in [0.1, 0.15) is 17.1 Å². The lowest BCUT2D eigenvalue weighted by atomic mass is 10.1. The third-order valence-corrected chi connectivity index (χ3v) is 4.10. The first-order valence-electron chi connectivity index (χ1n) is 8.07. The van der Waals surface area contributed by atoms with Crippen LogP contribution in [0, 0.1) is 12.7 Å². The topological polar surface area (TPSA) is 55.1 Å². The average molecular weight is 368 g/mol. The van der Waals surface area contributed by atoms with Gasteiger partial charge in [-0.15, -0.1) is 5.10 Å². The van der Waals surface area contributed by atoms with E-state index in [1.54, 1.807) is 10.6 Å². The van der Waals surface area contributed by atoms with Crippen LogP contribution in [-0.4, -0.2) is 19.6 Å². The van der Waals surface area contributed by atoms with Crippen LogP contribution in [0.2, 0.25) is 5.02 Å². The summed E-state index contributed by atoms with van der Waals surface area (Å²) in [5, 5.41) is 8.50. The minimum Gasteiger partial charge on any atom is -0.340 e. The minimum absolute atomic E-state index is 0.273. The van der Waals surface area contributed by atoms with Gasteiger partial charge in [0.15, 0.2) is 5.82 Å². The summed E-state index contributed by atoms with van der Waals surface area (Å²) in [5.74, 6) is 1.54. The van der Waals surface area contributed by atoms with Gasteiger partial charge < -0.3 is 5.32 Å². The van der Waals surface area contributed by atoms with E-state index < -0.39 is 0 Å². The molecule has 2 aromatic carbocycles. The number of nitrogens with one attached hydrogen (secondary N) is 1. The molecule has 5 nitrogen and oxygen atoms in total. The molecule has 1 N–H and O–H groups in total. The standard InChI is InChI=1S/C19H15ClFN5/c1-12-9-18(23-16-7-5-14(20)6-8-16)26-19(22-12)24-17(25-26)11-13-3-2-4-15(21)10-13/h2-10,23H,11H2,1H3. The highest BCUT2D eigenvalue weighted by molar-refractivity contribution is 6.30. The maximum absolute atomic E-state index is 13.4. The number of benzene rings is 2. The van der Waals surface area contributed by atoms with Crippen molar-refractivity contribution >= 4 is 28.9 Å². The van der Waals surface area contributed by atoms with Gasteiger partial charge in [-0.2, -0.15) is 9.50 Å². The molecule has 4 aromatic rings. The van der Waals surface area contributed by atoms with E-state index in [0.717, 1.165) is 22.8 Å². The van der Waals surface area contributed by atoms with Gasteiger partial charge in [-0.3, -0.25) is 0 Å². The van der Waals surface area contributed by atoms with Crippen LogP contribution in [0.25, 0.3) is 5.78 Å². The van der Waals surface area contributed by atoms with E-state index in [0.29, 0.717) is 23.0 Å². The fourth-order valence-corrected chi connectivity index (χ4v) is 2.83. The molecular formula is C19H15ClFN5. The van der Waals surface area contributed by atoms with Crippen molar-refractivity contribution in [3.8, 4) is 0 Å². The van der Waals surface area contributed by atoms with Crippen molar-refractivity contribution in [1.29, 1.82) is 0 Å². The Kier molecular flexibility index (Phi) is 4.26. The van der Waals surface area contributed by atoms with E-state index in [2.05, 4.69) is 20.4 Å². The second-order valence-corrected chi connectivity index (χ2v) is 6.40. The fraction of sp³-hybridized carbons (Fsp3) is 0.105. The van der Waals surface area contributed by atoms with Gasteiger partial charge in [0.1, 0.15) is 11.6 Å². The smallest absolute Gasteiger partial charge is 0.254 e. The fourth-order valence-electron chi connectivity index (χ4n) is 2.70. The Morgan fingerprint density at radius 3 is 2.65 bits per heavy atom. The Balaban J connectivity index is 1.69. The predicted octanol–water partition coefficient (Wildman–Crippen LogP) is 4.56. The van der Waals surface area contributed by atoms with Crippen LogP contribution in [0.15, 0.2) is 54.6 Å². The van der Waals surface area contributed by atoms with Crippen LogP contribution in [0.3, 0.4) is 0 Å². The third kappa shape index (κ3) is 3.50. The highest BCUT2D eigenvalue weighted by Gasteiger charge is 2.11. The highest BCUT2D eigenvalue weighted by atomic mass is 35.5. The number of aromatic nitrogens is 4. The Hall–Kier alpha value is -2.99. The Morgan fingerprint density at radius 1 is 1.08 bits per heavy atom. The number of hydrogen-bond acceptors (Lipinski definition) is 4. The van der Waals surface area contributed by atoms with Gasteiger partial charge in [-0.25, -0.2) is 9.37 Å². The monoisotopic (exact) mass is 367 g/mol. The number of fused-ring (bicyclic) bond motifs is 1. The average Bonchev–Trinajstić information content (AvgIpc) is 2.99. The first-order valence-corrected chi connectivity index (χ1v) is 8.45. The van der Waals surface area contributed by atoms with Crippen LogP contribution in [0.5, 0.6) is 0 Å². The van der Waals surface area contributed by atoms with Gasteiger partial charge in [0.2, 0.25) is 0 Å². The second-order valence-electron chi connectivity index (χ2n) is 5.96. The van der Waals surface area contributed by atoms with E-state index >= 15 is 0 Å². The number of rotatable bonds is 4. The molecule has 130 valence electrons. The van der Waals surface area contributed by atoms with Crippen molar-refractivity contribution in [3.63, 3.8) is 0 Å². The number of nitrogens with zero attached hydrogens (tertiary/aromatic N) is 4. The number of hydrogen-bond donors (Lipinski definition) is 1. The van der Waals surface area contributed by atoms with Gasteiger partial charge in [-0.05, 0) is 48.9 Å². The Labute approximate surface area is 154 Å². The molecule has 0 fully saturated rings. The molecule has 0 radical (unpaired) electrons. The van der Waals surface area contributed by atoms with Crippen molar-refractivity contribution in [3.05, 3.63) is 82.5 Å². The zero-order valence-corrected chi connectivity index (χ0v) is 14.7. The van der Waals surface area contributed by atoms with Gasteiger partial charge in [0.05, 0.1) is 0 Å². The summed E-state index contributed by atoms with van der Waals surface area (Å²) in [7, 11) is 0. The SMILES string of the molecule is Cc1cc(Nc2ccc(Cl)cc2)n2nc(Cc3cccc(F)c3)nc2n1. The van der Waals surface area contributed by atoms with Crippen LogP contribution < -0.4 is 5.32 Å². The lowest BCUT2D eigenvalue weighted by molar-refractivity contribution is 0.625.